The Morgan fingerprint density at radius 3 is 1.72 bits per heavy atom. The summed E-state index contributed by atoms with van der Waals surface area (Å²) in [5, 5.41) is 3.02. The van der Waals surface area contributed by atoms with Gasteiger partial charge in [0.05, 0.1) is 11.4 Å². The van der Waals surface area contributed by atoms with E-state index in [2.05, 4.69) is 26.8 Å². The highest BCUT2D eigenvalue weighted by molar-refractivity contribution is 6.23. The van der Waals surface area contributed by atoms with E-state index in [-0.39, 0.29) is 11.8 Å². The van der Waals surface area contributed by atoms with Crippen LogP contribution in [0.1, 0.15) is 40.0 Å². The summed E-state index contributed by atoms with van der Waals surface area (Å²) in [7, 11) is 0. The summed E-state index contributed by atoms with van der Waals surface area (Å²) in [4.78, 5) is 26.5. The van der Waals surface area contributed by atoms with E-state index in [0.29, 0.717) is 17.8 Å². The molecule has 29 heavy (non-hydrogen) atoms. The molecule has 0 radical (unpaired) electrons. The summed E-state index contributed by atoms with van der Waals surface area (Å²) < 4.78 is 0. The molecule has 2 aromatic rings. The molecule has 2 amide bonds. The summed E-state index contributed by atoms with van der Waals surface area (Å²) in [6.45, 7) is 6.24. The Balaban J connectivity index is 1.85. The number of allylic oxidation sites excluding steroid dienone is 4. The van der Waals surface area contributed by atoms with Gasteiger partial charge in [-0.3, -0.25) is 9.59 Å². The van der Waals surface area contributed by atoms with Crippen LogP contribution in [-0.4, -0.2) is 11.8 Å². The van der Waals surface area contributed by atoms with Gasteiger partial charge in [-0.15, -0.1) is 0 Å². The van der Waals surface area contributed by atoms with Crippen molar-refractivity contribution in [3.05, 3.63) is 84.0 Å². The molecular weight excluding hydrogens is 360 g/mol. The molecule has 1 aliphatic rings. The van der Waals surface area contributed by atoms with Crippen molar-refractivity contribution in [2.75, 3.05) is 10.0 Å². The van der Waals surface area contributed by atoms with Crippen molar-refractivity contribution in [1.29, 1.82) is 0 Å². The minimum absolute atomic E-state index is 0.182. The third kappa shape index (κ3) is 4.83. The number of hydrogen-bond acceptors (Lipinski definition) is 2. The van der Waals surface area contributed by atoms with Gasteiger partial charge >= 0.3 is 0 Å². The molecule has 0 atom stereocenters. The SMILES string of the molecule is CC(C)=CCC/C(C)=C\CC1C(=O)N(c2ccccc2)N(c2ccccc2)C1=O. The highest BCUT2D eigenvalue weighted by atomic mass is 16.2. The van der Waals surface area contributed by atoms with E-state index < -0.39 is 5.92 Å². The second-order valence-corrected chi connectivity index (χ2v) is 7.63. The first-order chi connectivity index (χ1) is 14.0. The van der Waals surface area contributed by atoms with Gasteiger partial charge in [0.15, 0.2) is 0 Å². The molecule has 0 N–H and O–H groups in total. The van der Waals surface area contributed by atoms with Crippen LogP contribution in [0.4, 0.5) is 11.4 Å². The first-order valence-corrected chi connectivity index (χ1v) is 10.1. The first kappa shape index (κ1) is 20.6. The number of hydrazine groups is 1. The summed E-state index contributed by atoms with van der Waals surface area (Å²) in [5.74, 6) is -1.06. The van der Waals surface area contributed by atoms with E-state index in [4.69, 9.17) is 0 Å². The minimum Gasteiger partial charge on any atom is -0.272 e. The predicted molar refractivity (Wildman–Crippen MR) is 118 cm³/mol. The molecule has 1 saturated heterocycles. The zero-order valence-corrected chi connectivity index (χ0v) is 17.3. The fourth-order valence-electron chi connectivity index (χ4n) is 3.43. The molecule has 0 bridgehead atoms. The number of carbonyl (C=O) groups is 2. The fraction of sp³-hybridized carbons (Fsp3) is 0.280. The largest absolute Gasteiger partial charge is 0.272 e. The summed E-state index contributed by atoms with van der Waals surface area (Å²) in [6, 6.07) is 18.7. The lowest BCUT2D eigenvalue weighted by Crippen LogP contribution is -2.41. The number of hydrogen-bond donors (Lipinski definition) is 0. The zero-order valence-electron chi connectivity index (χ0n) is 17.3. The van der Waals surface area contributed by atoms with Gasteiger partial charge in [0.25, 0.3) is 11.8 Å². The van der Waals surface area contributed by atoms with Crippen molar-refractivity contribution in [3.8, 4) is 0 Å². The molecule has 1 aliphatic heterocycles. The summed E-state index contributed by atoms with van der Waals surface area (Å²) in [6.07, 6.45) is 6.58. The standard InChI is InChI=1S/C25H28N2O2/c1-19(2)11-10-12-20(3)17-18-23-24(28)26(21-13-6-4-7-14-21)27(25(23)29)22-15-8-5-9-16-22/h4-9,11,13-17,23H,10,12,18H2,1-3H3/b20-17-. The van der Waals surface area contributed by atoms with E-state index in [9.17, 15) is 9.59 Å². The van der Waals surface area contributed by atoms with Gasteiger partial charge in [0, 0.05) is 0 Å². The van der Waals surface area contributed by atoms with Gasteiger partial charge in [-0.1, -0.05) is 59.7 Å². The molecule has 4 nitrogen and oxygen atoms in total. The monoisotopic (exact) mass is 388 g/mol. The molecular formula is C25H28N2O2. The number of benzene rings is 2. The molecule has 150 valence electrons. The molecule has 1 heterocycles. The number of para-hydroxylation sites is 2. The Kier molecular flexibility index (Phi) is 6.65. The van der Waals surface area contributed by atoms with Crippen LogP contribution >= 0.6 is 0 Å². The molecule has 0 spiro atoms. The fourth-order valence-corrected chi connectivity index (χ4v) is 3.43. The van der Waals surface area contributed by atoms with Crippen LogP contribution in [0.15, 0.2) is 84.0 Å². The van der Waals surface area contributed by atoms with E-state index in [1.165, 1.54) is 21.2 Å². The molecule has 0 aliphatic carbocycles. The Morgan fingerprint density at radius 1 is 0.793 bits per heavy atom. The molecule has 3 rings (SSSR count). The molecule has 2 aromatic carbocycles. The second kappa shape index (κ2) is 9.37. The van der Waals surface area contributed by atoms with Gasteiger partial charge in [-0.25, -0.2) is 10.0 Å². The Morgan fingerprint density at radius 2 is 1.28 bits per heavy atom. The first-order valence-electron chi connectivity index (χ1n) is 10.1. The third-order valence-corrected chi connectivity index (χ3v) is 5.01. The molecule has 0 unspecified atom stereocenters. The topological polar surface area (TPSA) is 40.6 Å². The maximum Gasteiger partial charge on any atom is 0.259 e. The number of nitrogens with zero attached hydrogens (tertiary/aromatic N) is 2. The molecule has 0 saturated carbocycles. The van der Waals surface area contributed by atoms with Crippen molar-refractivity contribution in [1.82, 2.24) is 0 Å². The van der Waals surface area contributed by atoms with Gasteiger partial charge in [-0.2, -0.15) is 0 Å². The normalized spacial score (nSPS) is 15.2. The van der Waals surface area contributed by atoms with E-state index >= 15 is 0 Å². The van der Waals surface area contributed by atoms with Crippen molar-refractivity contribution in [3.63, 3.8) is 0 Å². The lowest BCUT2D eigenvalue weighted by Gasteiger charge is -2.27. The van der Waals surface area contributed by atoms with Crippen LogP contribution in [-0.2, 0) is 9.59 Å². The Hall–Kier alpha value is -3.14. The van der Waals surface area contributed by atoms with Crippen molar-refractivity contribution >= 4 is 23.2 Å². The molecule has 1 fully saturated rings. The van der Waals surface area contributed by atoms with Gasteiger partial charge < -0.3 is 0 Å². The minimum atomic E-state index is -0.700. The maximum absolute atomic E-state index is 13.2. The van der Waals surface area contributed by atoms with Crippen molar-refractivity contribution in [2.24, 2.45) is 5.92 Å². The van der Waals surface area contributed by atoms with Crippen LogP contribution < -0.4 is 10.0 Å². The summed E-state index contributed by atoms with van der Waals surface area (Å²) in [5.41, 5.74) is 3.89. The number of carbonyl (C=O) groups excluding carboxylic acids is 2. The van der Waals surface area contributed by atoms with Crippen LogP contribution in [0.3, 0.4) is 0 Å². The van der Waals surface area contributed by atoms with E-state index in [1.54, 1.807) is 0 Å². The predicted octanol–water partition coefficient (Wildman–Crippen LogP) is 5.68. The van der Waals surface area contributed by atoms with E-state index in [0.717, 1.165) is 12.8 Å². The molecule has 4 heteroatoms. The van der Waals surface area contributed by atoms with E-state index in [1.807, 2.05) is 66.7 Å². The van der Waals surface area contributed by atoms with Crippen molar-refractivity contribution < 1.29 is 9.59 Å². The Bertz CT molecular complexity index is 855. The average Bonchev–Trinajstić information content (AvgIpc) is 2.97. The number of amides is 2. The lowest BCUT2D eigenvalue weighted by molar-refractivity contribution is -0.126. The maximum atomic E-state index is 13.2. The lowest BCUT2D eigenvalue weighted by atomic mass is 10.0. The molecule has 0 aromatic heterocycles. The average molecular weight is 389 g/mol. The van der Waals surface area contributed by atoms with Gasteiger partial charge in [-0.05, 0) is 64.3 Å². The van der Waals surface area contributed by atoms with Gasteiger partial charge in [0.1, 0.15) is 5.92 Å². The van der Waals surface area contributed by atoms with Crippen LogP contribution in [0.25, 0.3) is 0 Å². The van der Waals surface area contributed by atoms with Crippen LogP contribution in [0, 0.1) is 5.92 Å². The van der Waals surface area contributed by atoms with Crippen LogP contribution in [0.2, 0.25) is 0 Å². The quantitative estimate of drug-likeness (QED) is 0.452. The van der Waals surface area contributed by atoms with Crippen LogP contribution in [0.5, 0.6) is 0 Å². The van der Waals surface area contributed by atoms with Crippen molar-refractivity contribution in [2.45, 2.75) is 40.0 Å². The Labute approximate surface area is 173 Å². The zero-order chi connectivity index (χ0) is 20.8. The second-order valence-electron chi connectivity index (χ2n) is 7.63. The van der Waals surface area contributed by atoms with Gasteiger partial charge in [0.2, 0.25) is 0 Å². The number of anilines is 2. The highest BCUT2D eigenvalue weighted by Gasteiger charge is 2.46. The highest BCUT2D eigenvalue weighted by Crippen LogP contribution is 2.33. The summed E-state index contributed by atoms with van der Waals surface area (Å²) >= 11 is 0. The third-order valence-electron chi connectivity index (χ3n) is 5.01. The number of rotatable bonds is 7. The smallest absolute Gasteiger partial charge is 0.259 e.